The van der Waals surface area contributed by atoms with E-state index in [1.807, 2.05) is 71.4 Å². The minimum Gasteiger partial charge on any atom is -0.336 e. The third-order valence-electron chi connectivity index (χ3n) is 5.14. The number of nitrogens with one attached hydrogen (secondary N) is 1. The van der Waals surface area contributed by atoms with Crippen LogP contribution in [0.1, 0.15) is 0 Å². The first kappa shape index (κ1) is 18.6. The normalized spacial score (nSPS) is 10.8. The zero-order chi connectivity index (χ0) is 21.2. The molecule has 6 heteroatoms. The van der Waals surface area contributed by atoms with Crippen LogP contribution in [0.4, 0.5) is 5.69 Å². The molecule has 5 rings (SSSR count). The Morgan fingerprint density at radius 1 is 0.774 bits per heavy atom. The average molecular weight is 406 g/mol. The van der Waals surface area contributed by atoms with E-state index >= 15 is 0 Å². The molecule has 0 saturated carbocycles. The summed E-state index contributed by atoms with van der Waals surface area (Å²) in [6, 6.07) is 30.6. The van der Waals surface area contributed by atoms with E-state index in [-0.39, 0.29) is 5.69 Å². The summed E-state index contributed by atoms with van der Waals surface area (Å²) in [4.78, 5) is 19.0. The highest BCUT2D eigenvalue weighted by molar-refractivity contribution is 5.81. The standard InChI is InChI=1S/C25H18N4O2/c30-29(31)21-15-13-20(14-16-21)28-17-7-12-22(28)25-26-23(18-8-3-1-4-9-18)24(27-25)19-10-5-2-6-11-19/h1-17H,(H,26,27). The molecule has 1 N–H and O–H groups in total. The van der Waals surface area contributed by atoms with Crippen molar-refractivity contribution in [1.82, 2.24) is 14.5 Å². The van der Waals surface area contributed by atoms with Gasteiger partial charge in [0.15, 0.2) is 5.82 Å². The minimum atomic E-state index is -0.398. The van der Waals surface area contributed by atoms with E-state index in [2.05, 4.69) is 17.1 Å². The van der Waals surface area contributed by atoms with Crippen LogP contribution in [0.3, 0.4) is 0 Å². The molecular formula is C25H18N4O2. The third-order valence-corrected chi connectivity index (χ3v) is 5.14. The van der Waals surface area contributed by atoms with Gasteiger partial charge in [-0.25, -0.2) is 4.98 Å². The van der Waals surface area contributed by atoms with Crippen molar-refractivity contribution in [3.05, 3.63) is 113 Å². The number of imidazole rings is 1. The van der Waals surface area contributed by atoms with Crippen LogP contribution in [0.15, 0.2) is 103 Å². The molecule has 5 aromatic rings. The Hall–Kier alpha value is -4.45. The molecule has 0 saturated heterocycles. The number of nitrogens with zero attached hydrogens (tertiary/aromatic N) is 3. The molecule has 0 unspecified atom stereocenters. The second kappa shape index (κ2) is 7.76. The van der Waals surface area contributed by atoms with E-state index in [0.717, 1.165) is 39.7 Å². The molecule has 6 nitrogen and oxygen atoms in total. The zero-order valence-electron chi connectivity index (χ0n) is 16.5. The van der Waals surface area contributed by atoms with Gasteiger partial charge < -0.3 is 9.55 Å². The highest BCUT2D eigenvalue weighted by atomic mass is 16.6. The van der Waals surface area contributed by atoms with Crippen LogP contribution in [0.25, 0.3) is 39.7 Å². The topological polar surface area (TPSA) is 76.8 Å². The van der Waals surface area contributed by atoms with Gasteiger partial charge in [-0.05, 0) is 24.3 Å². The quantitative estimate of drug-likeness (QED) is 0.283. The molecule has 0 amide bonds. The molecule has 0 aliphatic carbocycles. The van der Waals surface area contributed by atoms with Crippen LogP contribution in [0.5, 0.6) is 0 Å². The molecule has 2 heterocycles. The Labute approximate surface area is 178 Å². The number of hydrogen-bond acceptors (Lipinski definition) is 3. The molecule has 0 aliphatic heterocycles. The van der Waals surface area contributed by atoms with Crippen molar-refractivity contribution in [1.29, 1.82) is 0 Å². The van der Waals surface area contributed by atoms with Crippen LogP contribution in [0, 0.1) is 10.1 Å². The number of nitro benzene ring substituents is 1. The number of hydrogen-bond donors (Lipinski definition) is 1. The number of aromatic amines is 1. The van der Waals surface area contributed by atoms with Gasteiger partial charge in [-0.1, -0.05) is 60.7 Å². The summed E-state index contributed by atoms with van der Waals surface area (Å²) in [7, 11) is 0. The van der Waals surface area contributed by atoms with Crippen LogP contribution in [-0.2, 0) is 0 Å². The van der Waals surface area contributed by atoms with Gasteiger partial charge in [0.25, 0.3) is 5.69 Å². The van der Waals surface area contributed by atoms with Crippen molar-refractivity contribution in [3.8, 4) is 39.7 Å². The van der Waals surface area contributed by atoms with Gasteiger partial charge in [-0.15, -0.1) is 0 Å². The summed E-state index contributed by atoms with van der Waals surface area (Å²) in [5.41, 5.74) is 5.65. The fourth-order valence-electron chi connectivity index (χ4n) is 3.65. The van der Waals surface area contributed by atoms with E-state index in [4.69, 9.17) is 4.98 Å². The predicted octanol–water partition coefficient (Wildman–Crippen LogP) is 6.11. The maximum absolute atomic E-state index is 11.0. The maximum atomic E-state index is 11.0. The number of H-pyrrole nitrogens is 1. The van der Waals surface area contributed by atoms with Crippen molar-refractivity contribution in [2.24, 2.45) is 0 Å². The van der Waals surface area contributed by atoms with Gasteiger partial charge in [0.2, 0.25) is 0 Å². The first-order valence-electron chi connectivity index (χ1n) is 9.84. The van der Waals surface area contributed by atoms with Crippen molar-refractivity contribution >= 4 is 5.69 Å². The molecule has 3 aromatic carbocycles. The largest absolute Gasteiger partial charge is 0.336 e. The second-order valence-corrected chi connectivity index (χ2v) is 7.08. The van der Waals surface area contributed by atoms with Gasteiger partial charge >= 0.3 is 0 Å². The van der Waals surface area contributed by atoms with Crippen LogP contribution in [-0.4, -0.2) is 19.5 Å². The van der Waals surface area contributed by atoms with Crippen molar-refractivity contribution in [2.45, 2.75) is 0 Å². The predicted molar refractivity (Wildman–Crippen MR) is 121 cm³/mol. The summed E-state index contributed by atoms with van der Waals surface area (Å²) in [5, 5.41) is 11.0. The zero-order valence-corrected chi connectivity index (χ0v) is 16.5. The van der Waals surface area contributed by atoms with Gasteiger partial charge in [0.05, 0.1) is 22.0 Å². The number of benzene rings is 3. The van der Waals surface area contributed by atoms with E-state index in [0.29, 0.717) is 0 Å². The van der Waals surface area contributed by atoms with Crippen molar-refractivity contribution < 1.29 is 4.92 Å². The van der Waals surface area contributed by atoms with Gasteiger partial charge in [0, 0.05) is 35.1 Å². The summed E-state index contributed by atoms with van der Waals surface area (Å²) >= 11 is 0. The number of nitro groups is 1. The summed E-state index contributed by atoms with van der Waals surface area (Å²) in [5.74, 6) is 0.723. The summed E-state index contributed by atoms with van der Waals surface area (Å²) in [6.07, 6.45) is 1.92. The average Bonchev–Trinajstić information content (AvgIpc) is 3.48. The lowest BCUT2D eigenvalue weighted by Gasteiger charge is -2.07. The van der Waals surface area contributed by atoms with Crippen LogP contribution in [0.2, 0.25) is 0 Å². The highest BCUT2D eigenvalue weighted by Crippen LogP contribution is 2.33. The Morgan fingerprint density at radius 2 is 1.42 bits per heavy atom. The molecular weight excluding hydrogens is 388 g/mol. The molecule has 31 heavy (non-hydrogen) atoms. The smallest absolute Gasteiger partial charge is 0.269 e. The lowest BCUT2D eigenvalue weighted by Crippen LogP contribution is -1.97. The third kappa shape index (κ3) is 3.51. The Morgan fingerprint density at radius 3 is 2.06 bits per heavy atom. The van der Waals surface area contributed by atoms with Crippen LogP contribution < -0.4 is 0 Å². The first-order chi connectivity index (χ1) is 15.2. The second-order valence-electron chi connectivity index (χ2n) is 7.08. The Kier molecular flexibility index (Phi) is 4.65. The number of rotatable bonds is 5. The molecule has 0 spiro atoms. The fourth-order valence-corrected chi connectivity index (χ4v) is 3.65. The highest BCUT2D eigenvalue weighted by Gasteiger charge is 2.17. The first-order valence-corrected chi connectivity index (χ1v) is 9.84. The van der Waals surface area contributed by atoms with Crippen molar-refractivity contribution in [3.63, 3.8) is 0 Å². The molecule has 150 valence electrons. The molecule has 0 aliphatic rings. The van der Waals surface area contributed by atoms with E-state index < -0.39 is 4.92 Å². The van der Waals surface area contributed by atoms with Crippen molar-refractivity contribution in [2.75, 3.05) is 0 Å². The molecule has 0 bridgehead atoms. The van der Waals surface area contributed by atoms with E-state index in [9.17, 15) is 10.1 Å². The number of aromatic nitrogens is 3. The van der Waals surface area contributed by atoms with E-state index in [1.165, 1.54) is 12.1 Å². The lowest BCUT2D eigenvalue weighted by atomic mass is 10.1. The van der Waals surface area contributed by atoms with Gasteiger partial charge in [-0.3, -0.25) is 10.1 Å². The molecule has 0 radical (unpaired) electrons. The number of non-ortho nitro benzene ring substituents is 1. The molecule has 2 aromatic heterocycles. The lowest BCUT2D eigenvalue weighted by molar-refractivity contribution is -0.384. The van der Waals surface area contributed by atoms with Gasteiger partial charge in [0.1, 0.15) is 0 Å². The monoisotopic (exact) mass is 406 g/mol. The minimum absolute atomic E-state index is 0.0631. The molecule has 0 fully saturated rings. The van der Waals surface area contributed by atoms with Crippen LogP contribution >= 0.6 is 0 Å². The Balaban J connectivity index is 1.63. The SMILES string of the molecule is O=[N+]([O-])c1ccc(-n2cccc2-c2nc(-c3ccccc3)c(-c3ccccc3)[nH]2)cc1. The fraction of sp³-hybridized carbons (Fsp3) is 0. The van der Waals surface area contributed by atoms with E-state index in [1.54, 1.807) is 12.1 Å². The van der Waals surface area contributed by atoms with Gasteiger partial charge in [-0.2, -0.15) is 0 Å². The summed E-state index contributed by atoms with van der Waals surface area (Å²) in [6.45, 7) is 0. The maximum Gasteiger partial charge on any atom is 0.269 e. The Bertz CT molecular complexity index is 1280. The molecule has 0 atom stereocenters. The summed E-state index contributed by atoms with van der Waals surface area (Å²) < 4.78 is 1.96.